The number of carbonyl (C=O) groups is 2. The average molecular weight is 296 g/mol. The van der Waals surface area contributed by atoms with Crippen molar-refractivity contribution >= 4 is 40.5 Å². The van der Waals surface area contributed by atoms with Crippen molar-refractivity contribution in [2.75, 3.05) is 5.32 Å². The van der Waals surface area contributed by atoms with Crippen molar-refractivity contribution < 1.29 is 14.7 Å². The Hall–Kier alpha value is -1.85. The lowest BCUT2D eigenvalue weighted by Gasteiger charge is -2.06. The third-order valence-electron chi connectivity index (χ3n) is 2.53. The second kappa shape index (κ2) is 5.42. The third-order valence-corrected chi connectivity index (χ3v) is 3.85. The van der Waals surface area contributed by atoms with Crippen LogP contribution in [0.1, 0.15) is 25.6 Å². The fraction of sp³-hybridized carbons (Fsp3) is 0.0769. The number of thiophene rings is 1. The molecular formula is C13H10ClNO3S. The lowest BCUT2D eigenvalue weighted by atomic mass is 10.2. The van der Waals surface area contributed by atoms with Gasteiger partial charge in [-0.25, -0.2) is 4.79 Å². The predicted octanol–water partition coefficient (Wildman–Crippen LogP) is 3.66. The number of nitrogens with one attached hydrogen (secondary N) is 1. The zero-order valence-corrected chi connectivity index (χ0v) is 11.5. The van der Waals surface area contributed by atoms with Gasteiger partial charge in [0.1, 0.15) is 0 Å². The molecule has 0 saturated heterocycles. The summed E-state index contributed by atoms with van der Waals surface area (Å²) in [7, 11) is 0. The summed E-state index contributed by atoms with van der Waals surface area (Å²) in [6.07, 6.45) is 0. The van der Waals surface area contributed by atoms with Crippen molar-refractivity contribution in [3.8, 4) is 0 Å². The molecule has 0 fully saturated rings. The minimum atomic E-state index is -1.10. The first-order chi connectivity index (χ1) is 8.99. The molecule has 98 valence electrons. The minimum absolute atomic E-state index is 0.00645. The number of amides is 1. The molecule has 1 aromatic heterocycles. The molecule has 2 aromatic rings. The third kappa shape index (κ3) is 2.94. The van der Waals surface area contributed by atoms with Gasteiger partial charge in [0.2, 0.25) is 0 Å². The van der Waals surface area contributed by atoms with Gasteiger partial charge in [-0.05, 0) is 42.1 Å². The maximum absolute atomic E-state index is 12.0. The summed E-state index contributed by atoms with van der Waals surface area (Å²) >= 11 is 7.18. The van der Waals surface area contributed by atoms with E-state index in [2.05, 4.69) is 5.32 Å². The van der Waals surface area contributed by atoms with Crippen LogP contribution in [-0.4, -0.2) is 17.0 Å². The van der Waals surface area contributed by atoms with E-state index in [1.807, 2.05) is 18.4 Å². The van der Waals surface area contributed by atoms with Crippen LogP contribution >= 0.6 is 22.9 Å². The second-order valence-corrected chi connectivity index (χ2v) is 5.21. The quantitative estimate of drug-likeness (QED) is 0.908. The van der Waals surface area contributed by atoms with E-state index in [0.29, 0.717) is 10.6 Å². The van der Waals surface area contributed by atoms with Crippen LogP contribution in [0.5, 0.6) is 0 Å². The zero-order chi connectivity index (χ0) is 14.0. The summed E-state index contributed by atoms with van der Waals surface area (Å²) < 4.78 is 0. The molecule has 2 N–H and O–H groups in total. The van der Waals surface area contributed by atoms with Gasteiger partial charge < -0.3 is 10.4 Å². The van der Waals surface area contributed by atoms with Gasteiger partial charge in [-0.1, -0.05) is 11.6 Å². The van der Waals surface area contributed by atoms with Crippen molar-refractivity contribution in [1.29, 1.82) is 0 Å². The highest BCUT2D eigenvalue weighted by molar-refractivity contribution is 7.12. The average Bonchev–Trinajstić information content (AvgIpc) is 2.75. The van der Waals surface area contributed by atoms with Crippen molar-refractivity contribution in [2.45, 2.75) is 6.92 Å². The zero-order valence-electron chi connectivity index (χ0n) is 9.94. The summed E-state index contributed by atoms with van der Waals surface area (Å²) in [5.41, 5.74) is 1.37. The number of halogens is 1. The smallest absolute Gasteiger partial charge is 0.337 e. The van der Waals surface area contributed by atoms with Gasteiger partial charge in [0.05, 0.1) is 15.5 Å². The molecule has 4 nitrogen and oxygen atoms in total. The van der Waals surface area contributed by atoms with Crippen molar-refractivity contribution in [3.05, 3.63) is 50.7 Å². The first kappa shape index (κ1) is 13.6. The van der Waals surface area contributed by atoms with Gasteiger partial charge in [-0.2, -0.15) is 0 Å². The second-order valence-electron chi connectivity index (χ2n) is 3.89. The summed E-state index contributed by atoms with van der Waals surface area (Å²) in [6.45, 7) is 1.85. The lowest BCUT2D eigenvalue weighted by molar-refractivity contribution is 0.0697. The van der Waals surface area contributed by atoms with Gasteiger partial charge in [0.25, 0.3) is 5.91 Å². The molecule has 0 unspecified atom stereocenters. The van der Waals surface area contributed by atoms with Crippen LogP contribution in [0.3, 0.4) is 0 Å². The summed E-state index contributed by atoms with van der Waals surface area (Å²) in [4.78, 5) is 23.4. The number of hydrogen-bond donors (Lipinski definition) is 2. The van der Waals surface area contributed by atoms with Gasteiger partial charge in [-0.15, -0.1) is 11.3 Å². The Kier molecular flexibility index (Phi) is 3.87. The van der Waals surface area contributed by atoms with E-state index in [9.17, 15) is 9.59 Å². The van der Waals surface area contributed by atoms with Gasteiger partial charge >= 0.3 is 5.97 Å². The number of aryl methyl sites for hydroxylation is 1. The number of anilines is 1. The molecule has 1 aromatic carbocycles. The topological polar surface area (TPSA) is 66.4 Å². The molecule has 1 amide bonds. The molecule has 0 bridgehead atoms. The Morgan fingerprint density at radius 1 is 1.32 bits per heavy atom. The molecule has 0 aliphatic heterocycles. The monoisotopic (exact) mass is 295 g/mol. The molecule has 1 heterocycles. The number of hydrogen-bond acceptors (Lipinski definition) is 3. The van der Waals surface area contributed by atoms with E-state index in [0.717, 1.165) is 5.56 Å². The Balaban J connectivity index is 2.21. The van der Waals surface area contributed by atoms with E-state index >= 15 is 0 Å². The summed E-state index contributed by atoms with van der Waals surface area (Å²) in [6, 6.07) is 6.16. The Bertz CT molecular complexity index is 651. The molecule has 2 rings (SSSR count). The summed E-state index contributed by atoms with van der Waals surface area (Å²) in [5, 5.41) is 13.5. The molecule has 0 spiro atoms. The molecule has 0 aliphatic rings. The van der Waals surface area contributed by atoms with Crippen molar-refractivity contribution in [1.82, 2.24) is 0 Å². The van der Waals surface area contributed by atoms with E-state index in [1.165, 1.54) is 29.5 Å². The molecular weight excluding hydrogens is 286 g/mol. The highest BCUT2D eigenvalue weighted by Gasteiger charge is 2.13. The van der Waals surface area contributed by atoms with Crippen LogP contribution in [0.15, 0.2) is 29.6 Å². The fourth-order valence-corrected chi connectivity index (χ4v) is 2.64. The van der Waals surface area contributed by atoms with Gasteiger partial charge in [0, 0.05) is 5.69 Å². The standard InChI is InChI=1S/C13H10ClNO3S/c1-7-4-5-19-11(7)12(16)15-8-2-3-9(13(17)18)10(14)6-8/h2-6H,1H3,(H,15,16)(H,17,18). The van der Waals surface area contributed by atoms with Gasteiger partial charge in [0.15, 0.2) is 0 Å². The Labute approximate surface area is 118 Å². The largest absolute Gasteiger partial charge is 0.478 e. The molecule has 0 atom stereocenters. The highest BCUT2D eigenvalue weighted by Crippen LogP contribution is 2.23. The Morgan fingerprint density at radius 2 is 2.05 bits per heavy atom. The first-order valence-electron chi connectivity index (χ1n) is 5.37. The van der Waals surface area contributed by atoms with E-state index in [4.69, 9.17) is 16.7 Å². The van der Waals surface area contributed by atoms with Crippen molar-refractivity contribution in [2.24, 2.45) is 0 Å². The molecule has 19 heavy (non-hydrogen) atoms. The minimum Gasteiger partial charge on any atom is -0.478 e. The molecule has 0 saturated carbocycles. The molecule has 0 radical (unpaired) electrons. The lowest BCUT2D eigenvalue weighted by Crippen LogP contribution is -2.11. The van der Waals surface area contributed by atoms with E-state index in [1.54, 1.807) is 0 Å². The highest BCUT2D eigenvalue weighted by atomic mass is 35.5. The number of benzene rings is 1. The Morgan fingerprint density at radius 3 is 2.58 bits per heavy atom. The normalized spacial score (nSPS) is 10.2. The van der Waals surface area contributed by atoms with E-state index < -0.39 is 5.97 Å². The number of carbonyl (C=O) groups excluding carboxylic acids is 1. The molecule has 6 heteroatoms. The molecule has 0 aliphatic carbocycles. The fourth-order valence-electron chi connectivity index (χ4n) is 1.56. The van der Waals surface area contributed by atoms with Crippen LogP contribution < -0.4 is 5.32 Å². The SMILES string of the molecule is Cc1ccsc1C(=O)Nc1ccc(C(=O)O)c(Cl)c1. The first-order valence-corrected chi connectivity index (χ1v) is 6.63. The number of aromatic carboxylic acids is 1. The maximum Gasteiger partial charge on any atom is 0.337 e. The van der Waals surface area contributed by atoms with Crippen LogP contribution in [-0.2, 0) is 0 Å². The van der Waals surface area contributed by atoms with Crippen LogP contribution in [0.25, 0.3) is 0 Å². The summed E-state index contributed by atoms with van der Waals surface area (Å²) in [5.74, 6) is -1.33. The van der Waals surface area contributed by atoms with Crippen molar-refractivity contribution in [3.63, 3.8) is 0 Å². The number of carboxylic acids is 1. The maximum atomic E-state index is 12.0. The van der Waals surface area contributed by atoms with Crippen LogP contribution in [0.2, 0.25) is 5.02 Å². The number of rotatable bonds is 3. The van der Waals surface area contributed by atoms with Gasteiger partial charge in [-0.3, -0.25) is 4.79 Å². The predicted molar refractivity (Wildman–Crippen MR) is 75.4 cm³/mol. The number of carboxylic acid groups (broad SMARTS) is 1. The van der Waals surface area contributed by atoms with E-state index in [-0.39, 0.29) is 16.5 Å². The van der Waals surface area contributed by atoms with Crippen LogP contribution in [0, 0.1) is 6.92 Å². The van der Waals surface area contributed by atoms with Crippen LogP contribution in [0.4, 0.5) is 5.69 Å².